The van der Waals surface area contributed by atoms with Crippen LogP contribution in [0.4, 0.5) is 0 Å². The number of aromatic carboxylic acids is 1. The van der Waals surface area contributed by atoms with Crippen molar-refractivity contribution in [2.24, 2.45) is 5.92 Å². The standard InChI is InChI=1S/C31H40N2O4/c1-8-9-21-17-33(28(32)23(21)14-19-10-12-20(13-11-19)29(36)37)18-26(34)22-15-24(30(2,3)4)27(35)25(16-22)31(5,6)7/h10-16,21,32,35H,8-9,17-18H2,1-7H3,(H,36,37)/b23-14+,32-28?. The van der Waals surface area contributed by atoms with Gasteiger partial charge in [0, 0.05) is 29.2 Å². The third kappa shape index (κ3) is 6.30. The van der Waals surface area contributed by atoms with Gasteiger partial charge in [0.1, 0.15) is 11.6 Å². The molecule has 6 nitrogen and oxygen atoms in total. The molecule has 1 fully saturated rings. The van der Waals surface area contributed by atoms with Crippen LogP contribution in [0.5, 0.6) is 5.75 Å². The van der Waals surface area contributed by atoms with E-state index in [1.165, 1.54) is 0 Å². The Labute approximate surface area is 220 Å². The van der Waals surface area contributed by atoms with E-state index >= 15 is 0 Å². The molecule has 3 N–H and O–H groups in total. The lowest BCUT2D eigenvalue weighted by Crippen LogP contribution is -2.31. The molecule has 0 spiro atoms. The van der Waals surface area contributed by atoms with Gasteiger partial charge in [0.05, 0.1) is 12.1 Å². The first kappa shape index (κ1) is 28.2. The van der Waals surface area contributed by atoms with E-state index < -0.39 is 5.97 Å². The molecule has 3 rings (SSSR count). The molecular formula is C31H40N2O4. The minimum atomic E-state index is -0.972. The minimum absolute atomic E-state index is 0.0805. The van der Waals surface area contributed by atoms with E-state index in [1.54, 1.807) is 36.4 Å². The number of rotatable bonds is 7. The van der Waals surface area contributed by atoms with Crippen LogP contribution in [0.2, 0.25) is 0 Å². The monoisotopic (exact) mass is 504 g/mol. The molecule has 1 heterocycles. The summed E-state index contributed by atoms with van der Waals surface area (Å²) >= 11 is 0. The summed E-state index contributed by atoms with van der Waals surface area (Å²) in [6, 6.07) is 10.2. The molecule has 6 heteroatoms. The highest BCUT2D eigenvalue weighted by Crippen LogP contribution is 2.40. The van der Waals surface area contributed by atoms with Gasteiger partial charge in [-0.2, -0.15) is 0 Å². The summed E-state index contributed by atoms with van der Waals surface area (Å²) < 4.78 is 0. The van der Waals surface area contributed by atoms with Crippen molar-refractivity contribution in [3.63, 3.8) is 0 Å². The topological polar surface area (TPSA) is 102 Å². The number of carbonyl (C=O) groups is 2. The van der Waals surface area contributed by atoms with Gasteiger partial charge in [-0.1, -0.05) is 67.0 Å². The van der Waals surface area contributed by atoms with Crippen LogP contribution in [-0.2, 0) is 10.8 Å². The molecule has 1 saturated heterocycles. The maximum Gasteiger partial charge on any atom is 0.335 e. The number of likely N-dealkylation sites (tertiary alicyclic amines) is 1. The van der Waals surface area contributed by atoms with E-state index in [0.29, 0.717) is 17.9 Å². The summed E-state index contributed by atoms with van der Waals surface area (Å²) in [6.07, 6.45) is 3.79. The van der Waals surface area contributed by atoms with E-state index in [-0.39, 0.29) is 40.4 Å². The van der Waals surface area contributed by atoms with Gasteiger partial charge in [-0.15, -0.1) is 0 Å². The van der Waals surface area contributed by atoms with Gasteiger partial charge < -0.3 is 15.1 Å². The Kier molecular flexibility index (Phi) is 8.01. The Morgan fingerprint density at radius 2 is 1.54 bits per heavy atom. The highest BCUT2D eigenvalue weighted by molar-refractivity contribution is 6.06. The Morgan fingerprint density at radius 3 is 2.00 bits per heavy atom. The van der Waals surface area contributed by atoms with Crippen LogP contribution >= 0.6 is 0 Å². The number of aromatic hydroxyl groups is 1. The number of nitrogens with one attached hydrogen (secondary N) is 1. The SMILES string of the molecule is CCCC1CN(CC(=O)c2cc(C(C)(C)C)c(O)c(C(C)(C)C)c2)C(=N)/C1=C/c1ccc(C(=O)O)cc1. The van der Waals surface area contributed by atoms with E-state index in [1.807, 2.05) is 52.5 Å². The molecule has 2 aromatic carbocycles. The molecule has 0 amide bonds. The number of phenols is 1. The summed E-state index contributed by atoms with van der Waals surface area (Å²) in [6.45, 7) is 14.9. The van der Waals surface area contributed by atoms with Gasteiger partial charge in [-0.25, -0.2) is 4.79 Å². The number of Topliss-reactive ketones (excluding diaryl/α,β-unsaturated/α-hetero) is 1. The second-order valence-electron chi connectivity index (χ2n) is 12.1. The number of carboxylic acids is 1. The molecule has 0 radical (unpaired) electrons. The summed E-state index contributed by atoms with van der Waals surface area (Å²) in [5.41, 5.74) is 3.30. The van der Waals surface area contributed by atoms with Crippen LogP contribution in [0.15, 0.2) is 42.0 Å². The molecule has 0 saturated carbocycles. The molecule has 198 valence electrons. The maximum atomic E-state index is 13.6. The number of benzene rings is 2. The summed E-state index contributed by atoms with van der Waals surface area (Å²) in [5.74, 6) is -0.352. The summed E-state index contributed by atoms with van der Waals surface area (Å²) in [7, 11) is 0. The van der Waals surface area contributed by atoms with Crippen molar-refractivity contribution in [1.29, 1.82) is 5.41 Å². The number of hydrogen-bond donors (Lipinski definition) is 3. The first-order chi connectivity index (χ1) is 17.1. The normalized spacial score (nSPS) is 17.5. The quantitative estimate of drug-likeness (QED) is 0.366. The first-order valence-electron chi connectivity index (χ1n) is 12.9. The fourth-order valence-electron chi connectivity index (χ4n) is 4.86. The largest absolute Gasteiger partial charge is 0.507 e. The molecule has 0 aliphatic carbocycles. The maximum absolute atomic E-state index is 13.6. The van der Waals surface area contributed by atoms with Crippen molar-refractivity contribution >= 4 is 23.7 Å². The third-order valence-corrected chi connectivity index (χ3v) is 6.97. The van der Waals surface area contributed by atoms with Crippen molar-refractivity contribution in [3.8, 4) is 5.75 Å². The first-order valence-corrected chi connectivity index (χ1v) is 12.9. The van der Waals surface area contributed by atoms with Crippen LogP contribution < -0.4 is 0 Å². The fourth-order valence-corrected chi connectivity index (χ4v) is 4.86. The zero-order valence-electron chi connectivity index (χ0n) is 23.1. The van der Waals surface area contributed by atoms with Gasteiger partial charge in [0.15, 0.2) is 5.78 Å². The lowest BCUT2D eigenvalue weighted by atomic mass is 9.78. The van der Waals surface area contributed by atoms with Gasteiger partial charge in [-0.3, -0.25) is 10.2 Å². The number of carbonyl (C=O) groups excluding carboxylic acids is 1. The van der Waals surface area contributed by atoms with Crippen molar-refractivity contribution < 1.29 is 19.8 Å². The fraction of sp³-hybridized carbons (Fsp3) is 0.452. The highest BCUT2D eigenvalue weighted by Gasteiger charge is 2.34. The molecule has 1 aliphatic heterocycles. The van der Waals surface area contributed by atoms with Crippen molar-refractivity contribution in [3.05, 3.63) is 69.8 Å². The van der Waals surface area contributed by atoms with Crippen molar-refractivity contribution in [2.75, 3.05) is 13.1 Å². The molecule has 0 aromatic heterocycles. The van der Waals surface area contributed by atoms with Gasteiger partial charge in [-0.05, 0) is 58.7 Å². The smallest absolute Gasteiger partial charge is 0.335 e. The molecule has 37 heavy (non-hydrogen) atoms. The van der Waals surface area contributed by atoms with Crippen molar-refractivity contribution in [2.45, 2.75) is 72.1 Å². The van der Waals surface area contributed by atoms with E-state index in [4.69, 9.17) is 10.5 Å². The van der Waals surface area contributed by atoms with Crippen LogP contribution in [0.1, 0.15) is 98.7 Å². The van der Waals surface area contributed by atoms with Gasteiger partial charge in [0.25, 0.3) is 0 Å². The number of amidine groups is 1. The Balaban J connectivity index is 1.92. The zero-order valence-corrected chi connectivity index (χ0v) is 23.1. The van der Waals surface area contributed by atoms with E-state index in [0.717, 1.165) is 35.1 Å². The second-order valence-corrected chi connectivity index (χ2v) is 12.1. The van der Waals surface area contributed by atoms with Gasteiger partial charge in [0.2, 0.25) is 0 Å². The predicted molar refractivity (Wildman–Crippen MR) is 149 cm³/mol. The zero-order chi connectivity index (χ0) is 27.7. The molecular weight excluding hydrogens is 464 g/mol. The van der Waals surface area contributed by atoms with Crippen LogP contribution in [0.3, 0.4) is 0 Å². The number of carboxylic acid groups (broad SMARTS) is 1. The Morgan fingerprint density at radius 1 is 1.00 bits per heavy atom. The van der Waals surface area contributed by atoms with Crippen LogP contribution in [0.25, 0.3) is 6.08 Å². The molecule has 1 aliphatic rings. The molecule has 2 aromatic rings. The number of hydrogen-bond acceptors (Lipinski definition) is 4. The Hall–Kier alpha value is -3.41. The van der Waals surface area contributed by atoms with Gasteiger partial charge >= 0.3 is 5.97 Å². The summed E-state index contributed by atoms with van der Waals surface area (Å²) in [5, 5.41) is 29.1. The van der Waals surface area contributed by atoms with Crippen LogP contribution in [0, 0.1) is 11.3 Å². The summed E-state index contributed by atoms with van der Waals surface area (Å²) in [4.78, 5) is 26.6. The van der Waals surface area contributed by atoms with Crippen molar-refractivity contribution in [1.82, 2.24) is 4.90 Å². The lowest BCUT2D eigenvalue weighted by Gasteiger charge is -2.28. The lowest BCUT2D eigenvalue weighted by molar-refractivity contribution is 0.0696. The Bertz CT molecular complexity index is 1190. The number of nitrogens with zero attached hydrogens (tertiary/aromatic N) is 1. The van der Waals surface area contributed by atoms with E-state index in [9.17, 15) is 14.7 Å². The molecule has 1 atom stereocenters. The van der Waals surface area contributed by atoms with Crippen LogP contribution in [-0.4, -0.2) is 45.8 Å². The predicted octanol–water partition coefficient (Wildman–Crippen LogP) is 6.66. The molecule has 1 unspecified atom stereocenters. The molecule has 0 bridgehead atoms. The number of phenolic OH excluding ortho intramolecular Hbond substituents is 1. The average molecular weight is 505 g/mol. The third-order valence-electron chi connectivity index (χ3n) is 6.97. The minimum Gasteiger partial charge on any atom is -0.507 e. The average Bonchev–Trinajstić information content (AvgIpc) is 3.07. The second kappa shape index (κ2) is 10.5. The highest BCUT2D eigenvalue weighted by atomic mass is 16.4. The number of ketones is 1. The van der Waals surface area contributed by atoms with E-state index in [2.05, 4.69) is 6.92 Å².